The van der Waals surface area contributed by atoms with Gasteiger partial charge in [-0.15, -0.1) is 0 Å². The predicted octanol–water partition coefficient (Wildman–Crippen LogP) is 1.71. The van der Waals surface area contributed by atoms with E-state index in [2.05, 4.69) is 25.7 Å². The molecule has 0 aromatic carbocycles. The molecule has 3 heterocycles. The third-order valence-corrected chi connectivity index (χ3v) is 4.59. The molecule has 0 spiro atoms. The lowest BCUT2D eigenvalue weighted by Crippen LogP contribution is -2.32. The van der Waals surface area contributed by atoms with Gasteiger partial charge in [0, 0.05) is 24.8 Å². The summed E-state index contributed by atoms with van der Waals surface area (Å²) < 4.78 is 1.99. The van der Waals surface area contributed by atoms with Crippen molar-refractivity contribution >= 4 is 39.6 Å². The standard InChI is InChI=1S/C16H18N6O2/c1-17-15(23)16(24)20-14-11-8-19-13-10(6-7-18-13)12(11)22(21-14)9-4-2-3-5-9/h6-9H,2-5H2,1H3,(H,17,23)(H,18,19)(H,20,21,24). The summed E-state index contributed by atoms with van der Waals surface area (Å²) in [5.74, 6) is -1.06. The number of likely N-dealkylation sites (N-methyl/N-ethyl adjacent to an activating group) is 1. The number of pyridine rings is 1. The number of nitrogens with one attached hydrogen (secondary N) is 3. The van der Waals surface area contributed by atoms with E-state index in [1.165, 1.54) is 19.9 Å². The molecule has 1 aliphatic carbocycles. The number of aromatic nitrogens is 4. The molecule has 24 heavy (non-hydrogen) atoms. The summed E-state index contributed by atoms with van der Waals surface area (Å²) >= 11 is 0. The molecule has 3 aromatic heterocycles. The van der Waals surface area contributed by atoms with Crippen molar-refractivity contribution in [3.05, 3.63) is 18.5 Å². The molecule has 8 nitrogen and oxygen atoms in total. The fourth-order valence-corrected chi connectivity index (χ4v) is 3.41. The van der Waals surface area contributed by atoms with Crippen LogP contribution in [0.25, 0.3) is 21.9 Å². The minimum atomic E-state index is -0.732. The van der Waals surface area contributed by atoms with E-state index in [9.17, 15) is 9.59 Å². The number of carbonyl (C=O) groups is 2. The molecule has 0 bridgehead atoms. The lowest BCUT2D eigenvalue weighted by Gasteiger charge is -2.11. The molecule has 1 fully saturated rings. The number of carbonyl (C=O) groups excluding carboxylic acids is 2. The van der Waals surface area contributed by atoms with Gasteiger partial charge in [0.05, 0.1) is 16.9 Å². The zero-order valence-electron chi connectivity index (χ0n) is 13.3. The highest BCUT2D eigenvalue weighted by atomic mass is 16.2. The normalized spacial score (nSPS) is 15.2. The minimum absolute atomic E-state index is 0.304. The summed E-state index contributed by atoms with van der Waals surface area (Å²) in [5.41, 5.74) is 1.73. The Morgan fingerprint density at radius 3 is 2.79 bits per heavy atom. The highest BCUT2D eigenvalue weighted by Gasteiger charge is 2.25. The number of rotatable bonds is 2. The molecule has 2 amide bonds. The van der Waals surface area contributed by atoms with Gasteiger partial charge < -0.3 is 15.6 Å². The predicted molar refractivity (Wildman–Crippen MR) is 89.6 cm³/mol. The van der Waals surface area contributed by atoms with Gasteiger partial charge in [-0.05, 0) is 18.9 Å². The highest BCUT2D eigenvalue weighted by molar-refractivity contribution is 6.40. The van der Waals surface area contributed by atoms with Crippen molar-refractivity contribution in [3.63, 3.8) is 0 Å². The first kappa shape index (κ1) is 14.7. The van der Waals surface area contributed by atoms with Crippen LogP contribution < -0.4 is 10.6 Å². The maximum absolute atomic E-state index is 11.9. The van der Waals surface area contributed by atoms with E-state index in [0.29, 0.717) is 11.9 Å². The molecule has 3 N–H and O–H groups in total. The maximum atomic E-state index is 11.9. The molecule has 1 aliphatic rings. The number of anilines is 1. The lowest BCUT2D eigenvalue weighted by molar-refractivity contribution is -0.135. The Balaban J connectivity index is 1.88. The zero-order valence-corrected chi connectivity index (χ0v) is 13.3. The van der Waals surface area contributed by atoms with E-state index in [1.54, 1.807) is 6.20 Å². The molecular weight excluding hydrogens is 308 g/mol. The van der Waals surface area contributed by atoms with Crippen LogP contribution in [0.4, 0.5) is 5.82 Å². The fourth-order valence-electron chi connectivity index (χ4n) is 3.41. The van der Waals surface area contributed by atoms with E-state index >= 15 is 0 Å². The van der Waals surface area contributed by atoms with Gasteiger partial charge in [-0.25, -0.2) is 4.98 Å². The van der Waals surface area contributed by atoms with Crippen LogP contribution in [0, 0.1) is 0 Å². The second-order valence-electron chi connectivity index (χ2n) is 6.03. The Bertz CT molecular complexity index is 935. The van der Waals surface area contributed by atoms with Crippen molar-refractivity contribution in [1.29, 1.82) is 0 Å². The van der Waals surface area contributed by atoms with Crippen LogP contribution in [-0.4, -0.2) is 38.6 Å². The van der Waals surface area contributed by atoms with Crippen LogP contribution in [0.1, 0.15) is 31.7 Å². The van der Waals surface area contributed by atoms with Crippen LogP contribution in [0.3, 0.4) is 0 Å². The van der Waals surface area contributed by atoms with Crippen LogP contribution in [0.5, 0.6) is 0 Å². The van der Waals surface area contributed by atoms with Crippen LogP contribution in [0.15, 0.2) is 18.5 Å². The summed E-state index contributed by atoms with van der Waals surface area (Å²) in [6.45, 7) is 0. The van der Waals surface area contributed by atoms with E-state index in [1.807, 2.05) is 16.9 Å². The summed E-state index contributed by atoms with van der Waals surface area (Å²) in [7, 11) is 1.42. The summed E-state index contributed by atoms with van der Waals surface area (Å²) in [5, 5.41) is 11.2. The van der Waals surface area contributed by atoms with E-state index < -0.39 is 11.8 Å². The molecular formula is C16H18N6O2. The number of nitrogens with zero attached hydrogens (tertiary/aromatic N) is 3. The number of aromatic amines is 1. The monoisotopic (exact) mass is 326 g/mol. The summed E-state index contributed by atoms with van der Waals surface area (Å²) in [6, 6.07) is 2.26. The Labute approximate surface area is 137 Å². The second kappa shape index (κ2) is 5.63. The largest absolute Gasteiger partial charge is 0.351 e. The number of hydrogen-bond donors (Lipinski definition) is 3. The van der Waals surface area contributed by atoms with Crippen molar-refractivity contribution in [2.45, 2.75) is 31.7 Å². The topological polar surface area (TPSA) is 105 Å². The minimum Gasteiger partial charge on any atom is -0.351 e. The number of H-pyrrole nitrogens is 1. The smallest absolute Gasteiger partial charge is 0.314 e. The highest BCUT2D eigenvalue weighted by Crippen LogP contribution is 2.36. The van der Waals surface area contributed by atoms with Crippen LogP contribution in [0.2, 0.25) is 0 Å². The molecule has 3 aromatic rings. The average Bonchev–Trinajstić information content (AvgIpc) is 3.32. The van der Waals surface area contributed by atoms with E-state index in [0.717, 1.165) is 34.8 Å². The molecule has 0 unspecified atom stereocenters. The first-order chi connectivity index (χ1) is 11.7. The van der Waals surface area contributed by atoms with Crippen molar-refractivity contribution in [2.75, 3.05) is 12.4 Å². The van der Waals surface area contributed by atoms with Gasteiger partial charge in [-0.1, -0.05) is 12.8 Å². The van der Waals surface area contributed by atoms with Crippen molar-refractivity contribution in [1.82, 2.24) is 25.1 Å². The lowest BCUT2D eigenvalue weighted by atomic mass is 10.2. The van der Waals surface area contributed by atoms with Gasteiger partial charge in [-0.2, -0.15) is 5.10 Å². The van der Waals surface area contributed by atoms with Crippen LogP contribution >= 0.6 is 0 Å². The number of fused-ring (bicyclic) bond motifs is 3. The van der Waals surface area contributed by atoms with Gasteiger partial charge in [0.1, 0.15) is 5.65 Å². The zero-order chi connectivity index (χ0) is 16.7. The van der Waals surface area contributed by atoms with Crippen LogP contribution in [-0.2, 0) is 9.59 Å². The molecule has 0 radical (unpaired) electrons. The van der Waals surface area contributed by atoms with Gasteiger partial charge in [0.2, 0.25) is 0 Å². The third-order valence-electron chi connectivity index (χ3n) is 4.59. The molecule has 0 saturated heterocycles. The molecule has 4 rings (SSSR count). The molecule has 124 valence electrons. The second-order valence-corrected chi connectivity index (χ2v) is 6.03. The van der Waals surface area contributed by atoms with Gasteiger partial charge in [0.25, 0.3) is 0 Å². The number of amides is 2. The van der Waals surface area contributed by atoms with Crippen molar-refractivity contribution < 1.29 is 9.59 Å². The summed E-state index contributed by atoms with van der Waals surface area (Å²) in [6.07, 6.45) is 8.00. The number of hydrogen-bond acceptors (Lipinski definition) is 4. The van der Waals surface area contributed by atoms with E-state index in [-0.39, 0.29) is 0 Å². The van der Waals surface area contributed by atoms with Gasteiger partial charge in [-0.3, -0.25) is 14.3 Å². The molecule has 0 atom stereocenters. The maximum Gasteiger partial charge on any atom is 0.314 e. The quantitative estimate of drug-likeness (QED) is 0.623. The third kappa shape index (κ3) is 2.22. The Morgan fingerprint density at radius 2 is 2.04 bits per heavy atom. The first-order valence-electron chi connectivity index (χ1n) is 8.06. The Hall–Kier alpha value is -2.90. The average molecular weight is 326 g/mol. The van der Waals surface area contributed by atoms with E-state index in [4.69, 9.17) is 0 Å². The molecule has 8 heteroatoms. The SMILES string of the molecule is CNC(=O)C(=O)Nc1nn(C2CCCC2)c2c1cnc1[nH]ccc12. The first-order valence-corrected chi connectivity index (χ1v) is 8.06. The van der Waals surface area contributed by atoms with Crippen molar-refractivity contribution in [3.8, 4) is 0 Å². The Kier molecular flexibility index (Phi) is 3.44. The molecule has 0 aliphatic heterocycles. The van der Waals surface area contributed by atoms with Gasteiger partial charge in [0.15, 0.2) is 5.82 Å². The fraction of sp³-hybridized carbons (Fsp3) is 0.375. The molecule has 1 saturated carbocycles. The summed E-state index contributed by atoms with van der Waals surface area (Å²) in [4.78, 5) is 30.9. The van der Waals surface area contributed by atoms with Crippen molar-refractivity contribution in [2.24, 2.45) is 0 Å². The Morgan fingerprint density at radius 1 is 1.25 bits per heavy atom. The van der Waals surface area contributed by atoms with Gasteiger partial charge >= 0.3 is 11.8 Å².